The Hall–Kier alpha value is -0.720. The van der Waals surface area contributed by atoms with Crippen molar-refractivity contribution in [3.63, 3.8) is 0 Å². The Bertz CT molecular complexity index is 171. The van der Waals surface area contributed by atoms with Crippen LogP contribution >= 0.6 is 0 Å². The molecule has 4 N–H and O–H groups in total. The Morgan fingerprint density at radius 3 is 2.91 bits per heavy atom. The molecule has 0 fully saturated rings. The van der Waals surface area contributed by atoms with Crippen LogP contribution in [0, 0.1) is 0 Å². The van der Waals surface area contributed by atoms with Gasteiger partial charge in [-0.05, 0) is 12.9 Å². The Labute approximate surface area is 67.7 Å². The van der Waals surface area contributed by atoms with Crippen molar-refractivity contribution in [3.8, 4) is 0 Å². The van der Waals surface area contributed by atoms with Crippen molar-refractivity contribution < 1.29 is 8.76 Å². The summed E-state index contributed by atoms with van der Waals surface area (Å²) in [7, 11) is 0. The van der Waals surface area contributed by atoms with Gasteiger partial charge >= 0.3 is 0 Å². The lowest BCUT2D eigenvalue weighted by Gasteiger charge is -2.05. The summed E-state index contributed by atoms with van der Waals surface area (Å²) in [5, 5.41) is 2.53. The van der Waals surface area contributed by atoms with Gasteiger partial charge in [-0.25, -0.2) is 4.21 Å². The zero-order valence-corrected chi connectivity index (χ0v) is 6.75. The lowest BCUT2D eigenvalue weighted by molar-refractivity contribution is 0.541. The minimum absolute atomic E-state index is 0.370. The van der Waals surface area contributed by atoms with E-state index in [0.29, 0.717) is 6.54 Å². The molecular formula is C5H11N3O2S. The highest BCUT2D eigenvalue weighted by atomic mass is 32.2. The molecular weight excluding hydrogens is 166 g/mol. The Morgan fingerprint density at radius 2 is 2.55 bits per heavy atom. The molecule has 0 saturated heterocycles. The summed E-state index contributed by atoms with van der Waals surface area (Å²) in [6, 6.07) is 0. The van der Waals surface area contributed by atoms with Gasteiger partial charge in [-0.3, -0.25) is 4.99 Å². The molecule has 11 heavy (non-hydrogen) atoms. The fraction of sp³-hybridized carbons (Fsp3) is 0.400. The van der Waals surface area contributed by atoms with Crippen LogP contribution in [0.3, 0.4) is 0 Å². The summed E-state index contributed by atoms with van der Waals surface area (Å²) in [5.41, 5.74) is 4.24. The average molecular weight is 177 g/mol. The van der Waals surface area contributed by atoms with Gasteiger partial charge in [-0.1, -0.05) is 6.08 Å². The van der Waals surface area contributed by atoms with Gasteiger partial charge in [0.1, 0.15) is 0 Å². The molecule has 0 radical (unpaired) electrons. The van der Waals surface area contributed by atoms with Gasteiger partial charge in [-0.2, -0.15) is 0 Å². The number of nitrogens with one attached hydrogen (secondary N) is 1. The molecule has 5 nitrogen and oxygen atoms in total. The van der Waals surface area contributed by atoms with Crippen molar-refractivity contribution in [2.45, 2.75) is 5.50 Å². The average Bonchev–Trinajstić information content (AvgIpc) is 1.97. The molecule has 0 aliphatic carbocycles. The van der Waals surface area contributed by atoms with Crippen LogP contribution in [0.5, 0.6) is 0 Å². The normalized spacial score (nSPS) is 16.2. The first-order valence-corrected chi connectivity index (χ1v) is 4.06. The van der Waals surface area contributed by atoms with Crippen LogP contribution in [0.15, 0.2) is 17.3 Å². The summed E-state index contributed by atoms with van der Waals surface area (Å²) in [6.07, 6.45) is 3.07. The largest absolute Gasteiger partial charge is 0.358 e. The number of hydrogen-bond donors (Lipinski definition) is 3. The first kappa shape index (κ1) is 10.3. The summed E-state index contributed by atoms with van der Waals surface area (Å²) >= 11 is -2.04. The quantitative estimate of drug-likeness (QED) is 0.381. The Morgan fingerprint density at radius 1 is 1.91 bits per heavy atom. The van der Waals surface area contributed by atoms with Gasteiger partial charge in [0.15, 0.2) is 11.1 Å². The van der Waals surface area contributed by atoms with Gasteiger partial charge in [-0.15, -0.1) is 0 Å². The van der Waals surface area contributed by atoms with Crippen LogP contribution in [0.4, 0.5) is 0 Å². The van der Waals surface area contributed by atoms with E-state index in [-0.39, 0.29) is 0 Å². The van der Waals surface area contributed by atoms with E-state index >= 15 is 0 Å². The maximum Gasteiger partial charge on any atom is 0.220 e. The number of aliphatic imine (C=N–C) groups is 1. The second-order valence-corrected chi connectivity index (χ2v) is 2.61. The van der Waals surface area contributed by atoms with Crippen LogP contribution < -0.4 is 11.1 Å². The van der Waals surface area contributed by atoms with E-state index in [0.717, 1.165) is 0 Å². The second-order valence-electron chi connectivity index (χ2n) is 1.62. The van der Waals surface area contributed by atoms with Crippen molar-refractivity contribution in [2.24, 2.45) is 10.7 Å². The minimum Gasteiger partial charge on any atom is -0.358 e. The SMILES string of the molecule is C=N[C@H](N/C=C/CN)S(=O)O. The Balaban J connectivity index is 3.79. The predicted molar refractivity (Wildman–Crippen MR) is 45.4 cm³/mol. The fourth-order valence-corrected chi connectivity index (χ4v) is 0.716. The van der Waals surface area contributed by atoms with Gasteiger partial charge < -0.3 is 15.6 Å². The van der Waals surface area contributed by atoms with Crippen LogP contribution in [0.25, 0.3) is 0 Å². The maximum atomic E-state index is 10.4. The number of hydrogen-bond acceptors (Lipinski definition) is 4. The zero-order chi connectivity index (χ0) is 8.69. The van der Waals surface area contributed by atoms with Crippen molar-refractivity contribution in [1.29, 1.82) is 0 Å². The summed E-state index contributed by atoms with van der Waals surface area (Å²) in [4.78, 5) is 3.36. The first-order chi connectivity index (χ1) is 5.22. The molecule has 0 aromatic heterocycles. The lowest BCUT2D eigenvalue weighted by Crippen LogP contribution is -2.26. The predicted octanol–water partition coefficient (Wildman–Crippen LogP) is -0.746. The molecule has 0 aromatic rings. The van der Waals surface area contributed by atoms with E-state index in [1.165, 1.54) is 6.20 Å². The molecule has 0 heterocycles. The van der Waals surface area contributed by atoms with E-state index < -0.39 is 16.6 Å². The number of nitrogens with zero attached hydrogens (tertiary/aromatic N) is 1. The number of nitrogens with two attached hydrogens (primary N) is 1. The molecule has 0 saturated carbocycles. The maximum absolute atomic E-state index is 10.4. The van der Waals surface area contributed by atoms with Crippen molar-refractivity contribution >= 4 is 17.8 Å². The molecule has 0 rings (SSSR count). The molecule has 0 aliphatic rings. The smallest absolute Gasteiger partial charge is 0.220 e. The highest BCUT2D eigenvalue weighted by Gasteiger charge is 2.07. The first-order valence-electron chi connectivity index (χ1n) is 2.89. The summed E-state index contributed by atoms with van der Waals surface area (Å²) < 4.78 is 18.9. The van der Waals surface area contributed by atoms with Crippen LogP contribution in [-0.2, 0) is 11.1 Å². The molecule has 0 aliphatic heterocycles. The molecule has 64 valence electrons. The Kier molecular flexibility index (Phi) is 5.63. The van der Waals surface area contributed by atoms with Gasteiger partial charge in [0.2, 0.25) is 5.50 Å². The fourth-order valence-electron chi connectivity index (χ4n) is 0.393. The monoisotopic (exact) mass is 177 g/mol. The van der Waals surface area contributed by atoms with Gasteiger partial charge in [0.05, 0.1) is 0 Å². The zero-order valence-electron chi connectivity index (χ0n) is 5.93. The van der Waals surface area contributed by atoms with E-state index in [1.807, 2.05) is 0 Å². The molecule has 0 aromatic carbocycles. The summed E-state index contributed by atoms with van der Waals surface area (Å²) in [5.74, 6) is 0. The molecule has 0 bridgehead atoms. The molecule has 1 unspecified atom stereocenters. The van der Waals surface area contributed by atoms with E-state index in [2.05, 4.69) is 17.0 Å². The highest BCUT2D eigenvalue weighted by Crippen LogP contribution is 1.88. The van der Waals surface area contributed by atoms with Crippen molar-refractivity contribution in [1.82, 2.24) is 5.32 Å². The van der Waals surface area contributed by atoms with Crippen molar-refractivity contribution in [3.05, 3.63) is 12.3 Å². The van der Waals surface area contributed by atoms with Crippen molar-refractivity contribution in [2.75, 3.05) is 6.54 Å². The highest BCUT2D eigenvalue weighted by molar-refractivity contribution is 7.79. The van der Waals surface area contributed by atoms with E-state index in [9.17, 15) is 4.21 Å². The molecule has 6 heteroatoms. The lowest BCUT2D eigenvalue weighted by atomic mass is 10.6. The topological polar surface area (TPSA) is 87.7 Å². The molecule has 0 spiro atoms. The molecule has 0 amide bonds. The van der Waals surface area contributed by atoms with E-state index in [4.69, 9.17) is 10.3 Å². The standard InChI is InChI=1S/C5H11N3O2S/c1-7-5(11(9)10)8-4-2-3-6/h2,4-5,8H,1,3,6H2,(H,9,10)/b4-2+/t5-/m1/s1. The molecule has 2 atom stereocenters. The van der Waals surface area contributed by atoms with Gasteiger partial charge in [0.25, 0.3) is 0 Å². The minimum atomic E-state index is -2.04. The van der Waals surface area contributed by atoms with Crippen LogP contribution in [-0.4, -0.2) is 27.5 Å². The third-order valence-electron chi connectivity index (χ3n) is 0.850. The summed E-state index contributed by atoms with van der Waals surface area (Å²) in [6.45, 7) is 3.50. The van der Waals surface area contributed by atoms with Crippen LogP contribution in [0.1, 0.15) is 0 Å². The third kappa shape index (κ3) is 4.65. The van der Waals surface area contributed by atoms with Crippen LogP contribution in [0.2, 0.25) is 0 Å². The second kappa shape index (κ2) is 6.02. The van der Waals surface area contributed by atoms with Gasteiger partial charge in [0, 0.05) is 6.54 Å². The number of rotatable bonds is 5. The van der Waals surface area contributed by atoms with E-state index in [1.54, 1.807) is 6.08 Å². The third-order valence-corrected chi connectivity index (χ3v) is 1.52.